The van der Waals surface area contributed by atoms with Crippen LogP contribution in [0.3, 0.4) is 0 Å². The number of aromatic carboxylic acids is 1. The van der Waals surface area contributed by atoms with Crippen molar-refractivity contribution in [1.82, 2.24) is 10.2 Å². The standard InChI is InChI=1S/C8H7N3O5S2/c1-4-9-10-8(16-4)11-18(14,15)5-2-6(7(12)13)17-3-5/h2-3H,1H3,(H,10,11)(H,12,13). The molecule has 0 aliphatic heterocycles. The summed E-state index contributed by atoms with van der Waals surface area (Å²) in [5, 5.41) is 16.9. The summed E-state index contributed by atoms with van der Waals surface area (Å²) in [6, 6.07) is 0.786. The number of aromatic nitrogens is 2. The lowest BCUT2D eigenvalue weighted by molar-refractivity contribution is 0.0702. The molecule has 0 amide bonds. The highest BCUT2D eigenvalue weighted by molar-refractivity contribution is 7.92. The van der Waals surface area contributed by atoms with Crippen LogP contribution in [0.15, 0.2) is 20.8 Å². The molecule has 0 spiro atoms. The molecule has 10 heteroatoms. The summed E-state index contributed by atoms with van der Waals surface area (Å²) in [5.74, 6) is -0.973. The maximum atomic E-state index is 11.8. The Labute approximate surface area is 105 Å². The maximum absolute atomic E-state index is 11.8. The summed E-state index contributed by atoms with van der Waals surface area (Å²) >= 11 is 0.815. The van der Waals surface area contributed by atoms with Crippen LogP contribution in [0.5, 0.6) is 0 Å². The van der Waals surface area contributed by atoms with Crippen molar-refractivity contribution < 1.29 is 22.7 Å². The first-order valence-electron chi connectivity index (χ1n) is 4.53. The highest BCUT2D eigenvalue weighted by atomic mass is 32.2. The maximum Gasteiger partial charge on any atom is 0.345 e. The number of carboxylic acids is 1. The number of anilines is 1. The zero-order valence-corrected chi connectivity index (χ0v) is 10.6. The third kappa shape index (κ3) is 2.49. The van der Waals surface area contributed by atoms with Gasteiger partial charge in [0.1, 0.15) is 4.88 Å². The van der Waals surface area contributed by atoms with Crippen LogP contribution >= 0.6 is 11.3 Å². The van der Waals surface area contributed by atoms with Crippen LogP contribution in [-0.2, 0) is 10.0 Å². The van der Waals surface area contributed by atoms with Crippen LogP contribution in [0, 0.1) is 6.92 Å². The van der Waals surface area contributed by atoms with Crippen LogP contribution in [0.25, 0.3) is 0 Å². The summed E-state index contributed by atoms with van der Waals surface area (Å²) in [5.41, 5.74) is 0. The molecule has 2 N–H and O–H groups in total. The zero-order valence-electron chi connectivity index (χ0n) is 8.95. The SMILES string of the molecule is Cc1nnc(NS(=O)(=O)c2csc(C(=O)O)c2)o1. The van der Waals surface area contributed by atoms with E-state index in [2.05, 4.69) is 14.9 Å². The van der Waals surface area contributed by atoms with Crippen molar-refractivity contribution in [1.29, 1.82) is 0 Å². The summed E-state index contributed by atoms with van der Waals surface area (Å²) < 4.78 is 30.6. The van der Waals surface area contributed by atoms with Crippen molar-refractivity contribution in [3.8, 4) is 0 Å². The van der Waals surface area contributed by atoms with Crippen LogP contribution in [-0.4, -0.2) is 29.7 Å². The molecule has 0 unspecified atom stereocenters. The number of nitrogens with zero attached hydrogens (tertiary/aromatic N) is 2. The highest BCUT2D eigenvalue weighted by Crippen LogP contribution is 2.21. The number of aryl methyl sites for hydroxylation is 1. The molecule has 0 aliphatic carbocycles. The van der Waals surface area contributed by atoms with Crippen LogP contribution < -0.4 is 4.72 Å². The van der Waals surface area contributed by atoms with Crippen molar-refractivity contribution in [2.24, 2.45) is 0 Å². The number of carboxylic acid groups (broad SMARTS) is 1. The Balaban J connectivity index is 2.27. The monoisotopic (exact) mass is 289 g/mol. The average Bonchev–Trinajstić information content (AvgIpc) is 2.86. The fraction of sp³-hybridized carbons (Fsp3) is 0.125. The summed E-state index contributed by atoms with van der Waals surface area (Å²) in [6.07, 6.45) is 0. The van der Waals surface area contributed by atoms with Crippen molar-refractivity contribution in [3.63, 3.8) is 0 Å². The molecule has 2 rings (SSSR count). The minimum absolute atomic E-state index is 0.0721. The molecule has 0 fully saturated rings. The second-order valence-corrected chi connectivity index (χ2v) is 5.78. The van der Waals surface area contributed by atoms with Gasteiger partial charge in [-0.15, -0.1) is 16.4 Å². The second-order valence-electron chi connectivity index (χ2n) is 3.18. The molecule has 18 heavy (non-hydrogen) atoms. The van der Waals surface area contributed by atoms with Gasteiger partial charge in [-0.3, -0.25) is 0 Å². The van der Waals surface area contributed by atoms with Gasteiger partial charge >= 0.3 is 12.0 Å². The average molecular weight is 289 g/mol. The number of hydrogen-bond donors (Lipinski definition) is 2. The van der Waals surface area contributed by atoms with Gasteiger partial charge < -0.3 is 9.52 Å². The molecule has 0 saturated carbocycles. The Kier molecular flexibility index (Phi) is 3.05. The normalized spacial score (nSPS) is 11.4. The first-order chi connectivity index (χ1) is 8.38. The van der Waals surface area contributed by atoms with Gasteiger partial charge in [0, 0.05) is 12.3 Å². The number of carbonyl (C=O) groups is 1. The number of thiophene rings is 1. The Bertz CT molecular complexity index is 687. The van der Waals surface area contributed by atoms with Gasteiger partial charge in [-0.1, -0.05) is 5.10 Å². The van der Waals surface area contributed by atoms with Gasteiger partial charge in [-0.25, -0.2) is 17.9 Å². The van der Waals surface area contributed by atoms with E-state index < -0.39 is 16.0 Å². The van der Waals surface area contributed by atoms with Crippen molar-refractivity contribution in [2.45, 2.75) is 11.8 Å². The molecule has 0 bridgehead atoms. The second kappa shape index (κ2) is 4.38. The van der Waals surface area contributed by atoms with Gasteiger partial charge in [0.2, 0.25) is 5.89 Å². The third-order valence-electron chi connectivity index (χ3n) is 1.84. The molecule has 2 aromatic rings. The topological polar surface area (TPSA) is 122 Å². The van der Waals surface area contributed by atoms with Gasteiger partial charge in [0.25, 0.3) is 10.0 Å². The number of nitrogens with one attached hydrogen (secondary N) is 1. The van der Waals surface area contributed by atoms with E-state index in [1.165, 1.54) is 12.3 Å². The Morgan fingerprint density at radius 2 is 2.22 bits per heavy atom. The minimum atomic E-state index is -3.91. The highest BCUT2D eigenvalue weighted by Gasteiger charge is 2.20. The van der Waals surface area contributed by atoms with Gasteiger partial charge in [0.05, 0.1) is 4.90 Å². The lowest BCUT2D eigenvalue weighted by atomic mass is 10.5. The molecule has 2 heterocycles. The van der Waals surface area contributed by atoms with E-state index in [4.69, 9.17) is 9.52 Å². The van der Waals surface area contributed by atoms with E-state index in [-0.39, 0.29) is 21.7 Å². The number of sulfonamides is 1. The van der Waals surface area contributed by atoms with Crippen LogP contribution in [0.4, 0.5) is 6.01 Å². The van der Waals surface area contributed by atoms with Gasteiger partial charge in [-0.2, -0.15) is 0 Å². The largest absolute Gasteiger partial charge is 0.477 e. The lowest BCUT2D eigenvalue weighted by Gasteiger charge is -2.00. The van der Waals surface area contributed by atoms with Crippen molar-refractivity contribution >= 4 is 33.3 Å². The molecule has 0 saturated heterocycles. The Morgan fingerprint density at radius 1 is 1.50 bits per heavy atom. The molecule has 0 aliphatic rings. The lowest BCUT2D eigenvalue weighted by Crippen LogP contribution is -2.12. The molecular weight excluding hydrogens is 282 g/mol. The van der Waals surface area contributed by atoms with E-state index in [0.717, 1.165) is 17.4 Å². The smallest absolute Gasteiger partial charge is 0.345 e. The van der Waals surface area contributed by atoms with E-state index in [0.29, 0.717) is 0 Å². The quantitative estimate of drug-likeness (QED) is 0.858. The summed E-state index contributed by atoms with van der Waals surface area (Å²) in [6.45, 7) is 1.51. The van der Waals surface area contributed by atoms with E-state index >= 15 is 0 Å². The molecule has 0 aromatic carbocycles. The molecular formula is C8H7N3O5S2. The Morgan fingerprint density at radius 3 is 2.72 bits per heavy atom. The van der Waals surface area contributed by atoms with Crippen LogP contribution in [0.2, 0.25) is 0 Å². The van der Waals surface area contributed by atoms with E-state index in [1.807, 2.05) is 0 Å². The van der Waals surface area contributed by atoms with Crippen molar-refractivity contribution in [3.05, 3.63) is 22.2 Å². The third-order valence-corrected chi connectivity index (χ3v) is 4.21. The Hall–Kier alpha value is -1.94. The first-order valence-corrected chi connectivity index (χ1v) is 6.89. The number of rotatable bonds is 4. The minimum Gasteiger partial charge on any atom is -0.477 e. The summed E-state index contributed by atoms with van der Waals surface area (Å²) in [4.78, 5) is 10.4. The van der Waals surface area contributed by atoms with Crippen LogP contribution in [0.1, 0.15) is 15.6 Å². The first kappa shape index (κ1) is 12.5. The fourth-order valence-electron chi connectivity index (χ4n) is 1.08. The summed E-state index contributed by atoms with van der Waals surface area (Å²) in [7, 11) is -3.91. The predicted octanol–water partition coefficient (Wildman–Crippen LogP) is 0.939. The van der Waals surface area contributed by atoms with Gasteiger partial charge in [-0.05, 0) is 6.07 Å². The number of hydrogen-bond acceptors (Lipinski definition) is 7. The molecule has 0 radical (unpaired) electrons. The van der Waals surface area contributed by atoms with E-state index in [9.17, 15) is 13.2 Å². The van der Waals surface area contributed by atoms with Crippen molar-refractivity contribution in [2.75, 3.05) is 4.72 Å². The molecule has 0 atom stereocenters. The molecule has 8 nitrogen and oxygen atoms in total. The predicted molar refractivity (Wildman–Crippen MR) is 61.1 cm³/mol. The molecule has 96 valence electrons. The molecule has 2 aromatic heterocycles. The zero-order chi connectivity index (χ0) is 13.3. The van der Waals surface area contributed by atoms with E-state index in [1.54, 1.807) is 0 Å². The fourth-order valence-corrected chi connectivity index (χ4v) is 3.12. The van der Waals surface area contributed by atoms with Gasteiger partial charge in [0.15, 0.2) is 0 Å².